The second-order valence-corrected chi connectivity index (χ2v) is 5.84. The van der Waals surface area contributed by atoms with Crippen LogP contribution in [0.4, 0.5) is 0 Å². The molecule has 3 rings (SSSR count). The smallest absolute Gasteiger partial charge is 0.223 e. The number of hydrogen-bond donors (Lipinski definition) is 1. The van der Waals surface area contributed by atoms with Gasteiger partial charge in [-0.15, -0.1) is 0 Å². The van der Waals surface area contributed by atoms with Crippen LogP contribution in [-0.4, -0.2) is 35.4 Å². The Labute approximate surface area is 118 Å². The van der Waals surface area contributed by atoms with Gasteiger partial charge in [0, 0.05) is 25.7 Å². The summed E-state index contributed by atoms with van der Waals surface area (Å²) in [7, 11) is 0. The van der Waals surface area contributed by atoms with Crippen molar-refractivity contribution in [1.82, 2.24) is 15.2 Å². The number of nitrogens with one attached hydrogen (secondary N) is 1. The van der Waals surface area contributed by atoms with Crippen LogP contribution in [0, 0.1) is 16.7 Å². The number of hydrogen-bond acceptors (Lipinski definition) is 4. The molecule has 1 amide bonds. The minimum absolute atomic E-state index is 0.174. The summed E-state index contributed by atoms with van der Waals surface area (Å²) in [6, 6.07) is 5.68. The van der Waals surface area contributed by atoms with Crippen molar-refractivity contribution in [3.05, 3.63) is 29.6 Å². The molecule has 1 spiro atoms. The van der Waals surface area contributed by atoms with E-state index in [1.165, 1.54) is 0 Å². The van der Waals surface area contributed by atoms with Crippen LogP contribution in [-0.2, 0) is 11.3 Å². The number of nitriles is 1. The monoisotopic (exact) mass is 270 g/mol. The number of pyridine rings is 1. The molecule has 1 N–H and O–H groups in total. The lowest BCUT2D eigenvalue weighted by molar-refractivity contribution is -0.128. The maximum absolute atomic E-state index is 12.2. The minimum atomic E-state index is 0.174. The summed E-state index contributed by atoms with van der Waals surface area (Å²) in [6.07, 6.45) is 4.46. The van der Waals surface area contributed by atoms with E-state index >= 15 is 0 Å². The summed E-state index contributed by atoms with van der Waals surface area (Å²) in [5.41, 5.74) is 1.56. The van der Waals surface area contributed by atoms with Crippen molar-refractivity contribution in [2.45, 2.75) is 25.8 Å². The molecule has 20 heavy (non-hydrogen) atoms. The molecule has 0 unspecified atom stereocenters. The topological polar surface area (TPSA) is 69.0 Å². The third-order valence-corrected chi connectivity index (χ3v) is 4.38. The second-order valence-electron chi connectivity index (χ2n) is 5.84. The van der Waals surface area contributed by atoms with E-state index in [0.29, 0.717) is 18.7 Å². The Morgan fingerprint density at radius 3 is 3.00 bits per heavy atom. The molecule has 1 aromatic heterocycles. The van der Waals surface area contributed by atoms with Gasteiger partial charge in [0.15, 0.2) is 0 Å². The molecule has 5 heteroatoms. The molecule has 0 radical (unpaired) electrons. The van der Waals surface area contributed by atoms with Gasteiger partial charge in [-0.05, 0) is 49.0 Å². The fraction of sp³-hybridized carbons (Fsp3) is 0.533. The molecule has 0 atom stereocenters. The molecule has 5 nitrogen and oxygen atoms in total. The predicted octanol–water partition coefficient (Wildman–Crippen LogP) is 1.06. The maximum Gasteiger partial charge on any atom is 0.223 e. The van der Waals surface area contributed by atoms with Crippen LogP contribution < -0.4 is 5.32 Å². The standard InChI is InChI=1S/C15H18N4O/c16-9-13-7-12(1-4-18-13)10-19-11-15(8-14(19)20)2-5-17-6-3-15/h1,4,7,17H,2-3,5-6,8,10-11H2. The van der Waals surface area contributed by atoms with Crippen LogP contribution in [0.5, 0.6) is 0 Å². The molecule has 2 aliphatic heterocycles. The Kier molecular flexibility index (Phi) is 3.41. The van der Waals surface area contributed by atoms with E-state index in [2.05, 4.69) is 10.3 Å². The van der Waals surface area contributed by atoms with Crippen molar-refractivity contribution in [2.24, 2.45) is 5.41 Å². The van der Waals surface area contributed by atoms with E-state index in [9.17, 15) is 4.79 Å². The van der Waals surface area contributed by atoms with Crippen LogP contribution in [0.2, 0.25) is 0 Å². The van der Waals surface area contributed by atoms with Gasteiger partial charge >= 0.3 is 0 Å². The average Bonchev–Trinajstić information content (AvgIpc) is 2.75. The largest absolute Gasteiger partial charge is 0.338 e. The summed E-state index contributed by atoms with van der Waals surface area (Å²) in [4.78, 5) is 18.1. The number of aromatic nitrogens is 1. The summed E-state index contributed by atoms with van der Waals surface area (Å²) in [5, 5.41) is 12.2. The first kappa shape index (κ1) is 13.1. The Hall–Kier alpha value is -1.93. The third kappa shape index (κ3) is 2.52. The van der Waals surface area contributed by atoms with Crippen LogP contribution in [0.25, 0.3) is 0 Å². The Morgan fingerprint density at radius 2 is 2.25 bits per heavy atom. The zero-order chi connectivity index (χ0) is 14.0. The molecule has 2 aliphatic rings. The highest BCUT2D eigenvalue weighted by Gasteiger charge is 2.43. The van der Waals surface area contributed by atoms with Crippen molar-refractivity contribution in [2.75, 3.05) is 19.6 Å². The lowest BCUT2D eigenvalue weighted by Gasteiger charge is -2.33. The summed E-state index contributed by atoms with van der Waals surface area (Å²) in [5.74, 6) is 0.238. The zero-order valence-corrected chi connectivity index (χ0v) is 11.4. The Bertz CT molecular complexity index is 557. The van der Waals surface area contributed by atoms with Crippen molar-refractivity contribution in [3.8, 4) is 6.07 Å². The molecular formula is C15H18N4O. The number of rotatable bonds is 2. The number of carbonyl (C=O) groups is 1. The van der Waals surface area contributed by atoms with Crippen molar-refractivity contribution in [3.63, 3.8) is 0 Å². The molecule has 1 aromatic rings. The highest BCUT2D eigenvalue weighted by molar-refractivity contribution is 5.79. The van der Waals surface area contributed by atoms with Gasteiger partial charge in [-0.3, -0.25) is 4.79 Å². The van der Waals surface area contributed by atoms with E-state index < -0.39 is 0 Å². The van der Waals surface area contributed by atoms with Crippen molar-refractivity contribution in [1.29, 1.82) is 5.26 Å². The van der Waals surface area contributed by atoms with Gasteiger partial charge in [0.2, 0.25) is 5.91 Å². The molecule has 0 aliphatic carbocycles. The van der Waals surface area contributed by atoms with Gasteiger partial charge in [0.1, 0.15) is 11.8 Å². The van der Waals surface area contributed by atoms with E-state index in [4.69, 9.17) is 5.26 Å². The van der Waals surface area contributed by atoms with Gasteiger partial charge in [0.05, 0.1) is 0 Å². The first-order valence-corrected chi connectivity index (χ1v) is 7.04. The van der Waals surface area contributed by atoms with Gasteiger partial charge < -0.3 is 10.2 Å². The van der Waals surface area contributed by atoms with Crippen LogP contribution >= 0.6 is 0 Å². The number of piperidine rings is 1. The van der Waals surface area contributed by atoms with Gasteiger partial charge in [-0.25, -0.2) is 4.98 Å². The van der Waals surface area contributed by atoms with Crippen molar-refractivity contribution >= 4 is 5.91 Å². The molecule has 2 saturated heterocycles. The molecule has 0 bridgehead atoms. The molecule has 0 saturated carbocycles. The molecule has 0 aromatic carbocycles. The molecular weight excluding hydrogens is 252 g/mol. The summed E-state index contributed by atoms with van der Waals surface area (Å²) in [6.45, 7) is 3.45. The number of carbonyl (C=O) groups excluding carboxylic acids is 1. The fourth-order valence-electron chi connectivity index (χ4n) is 3.27. The van der Waals surface area contributed by atoms with Crippen LogP contribution in [0.3, 0.4) is 0 Å². The molecule has 104 valence electrons. The summed E-state index contributed by atoms with van der Waals surface area (Å²) < 4.78 is 0. The lowest BCUT2D eigenvalue weighted by atomic mass is 9.78. The van der Waals surface area contributed by atoms with Crippen LogP contribution in [0.1, 0.15) is 30.5 Å². The Balaban J connectivity index is 1.71. The minimum Gasteiger partial charge on any atom is -0.338 e. The zero-order valence-electron chi connectivity index (χ0n) is 11.4. The van der Waals surface area contributed by atoms with E-state index in [1.54, 1.807) is 12.3 Å². The Morgan fingerprint density at radius 1 is 1.45 bits per heavy atom. The fourth-order valence-corrected chi connectivity index (χ4v) is 3.27. The van der Waals surface area contributed by atoms with E-state index in [1.807, 2.05) is 17.0 Å². The number of likely N-dealkylation sites (tertiary alicyclic amines) is 1. The first-order valence-electron chi connectivity index (χ1n) is 7.04. The maximum atomic E-state index is 12.2. The first-order chi connectivity index (χ1) is 9.71. The highest BCUT2D eigenvalue weighted by atomic mass is 16.2. The average molecular weight is 270 g/mol. The lowest BCUT2D eigenvalue weighted by Crippen LogP contribution is -2.38. The van der Waals surface area contributed by atoms with Gasteiger partial charge in [-0.2, -0.15) is 5.26 Å². The van der Waals surface area contributed by atoms with E-state index in [-0.39, 0.29) is 11.3 Å². The molecule has 2 fully saturated rings. The predicted molar refractivity (Wildman–Crippen MR) is 73.5 cm³/mol. The quantitative estimate of drug-likeness (QED) is 0.872. The van der Waals surface area contributed by atoms with Crippen LogP contribution in [0.15, 0.2) is 18.3 Å². The molecule has 3 heterocycles. The number of nitrogens with zero attached hydrogens (tertiary/aromatic N) is 3. The van der Waals surface area contributed by atoms with Gasteiger partial charge in [-0.1, -0.05) is 0 Å². The third-order valence-electron chi connectivity index (χ3n) is 4.38. The SMILES string of the molecule is N#Cc1cc(CN2CC3(CCNCC3)CC2=O)ccn1. The second kappa shape index (κ2) is 5.22. The number of amides is 1. The van der Waals surface area contributed by atoms with Crippen molar-refractivity contribution < 1.29 is 4.79 Å². The highest BCUT2D eigenvalue weighted by Crippen LogP contribution is 2.39. The van der Waals surface area contributed by atoms with E-state index in [0.717, 1.165) is 38.0 Å². The van der Waals surface area contributed by atoms with Gasteiger partial charge in [0.25, 0.3) is 0 Å². The summed E-state index contributed by atoms with van der Waals surface area (Å²) >= 11 is 0. The normalized spacial score (nSPS) is 21.1.